The van der Waals surface area contributed by atoms with Gasteiger partial charge in [0.1, 0.15) is 5.41 Å². The van der Waals surface area contributed by atoms with E-state index >= 15 is 0 Å². The van der Waals surface area contributed by atoms with Gasteiger partial charge in [-0.05, 0) is 99.1 Å². The zero-order chi connectivity index (χ0) is 49.3. The van der Waals surface area contributed by atoms with Crippen LogP contribution in [0.2, 0.25) is 0 Å². The van der Waals surface area contributed by atoms with Crippen molar-refractivity contribution in [1.82, 2.24) is 9.80 Å². The van der Waals surface area contributed by atoms with Gasteiger partial charge in [0.05, 0.1) is 22.3 Å². The van der Waals surface area contributed by atoms with E-state index in [4.69, 9.17) is 31.3 Å². The summed E-state index contributed by atoms with van der Waals surface area (Å²) in [6.45, 7) is -0.918. The smallest absolute Gasteiger partial charge is 0.475 e. The fourth-order valence-electron chi connectivity index (χ4n) is 5.46. The molecule has 0 radical (unpaired) electrons. The van der Waals surface area contributed by atoms with Crippen LogP contribution in [0.15, 0.2) is 36.4 Å². The average Bonchev–Trinajstić information content (AvgIpc) is 3.11. The molecule has 2 aromatic rings. The van der Waals surface area contributed by atoms with E-state index in [1.807, 2.05) is 0 Å². The highest BCUT2D eigenvalue weighted by Crippen LogP contribution is 2.43. The SMILES string of the molecule is NCCCCN1C(=O)N(CCCCN)C(=O)C(Cc2cc(C(F)(F)F)cc(C(F)(F)F)c2)(Cc2cc(C(F)(F)F)cc(C(F)(F)F)c2)C1=O.O=C(O)C(F)(F)F.O=C(O)C(F)(F)F. The third-order valence-electron chi connectivity index (χ3n) is 8.23. The van der Waals surface area contributed by atoms with Gasteiger partial charge in [-0.25, -0.2) is 14.4 Å². The monoisotopic (exact) mass is 950 g/mol. The predicted octanol–water partition coefficient (Wildman–Crippen LogP) is 8.07. The number of carbonyl (C=O) groups is 5. The van der Waals surface area contributed by atoms with Crippen molar-refractivity contribution in [3.8, 4) is 0 Å². The zero-order valence-electron chi connectivity index (χ0n) is 31.3. The number of amides is 4. The number of unbranched alkanes of at least 4 members (excludes halogenated alkanes) is 2. The van der Waals surface area contributed by atoms with E-state index < -0.39 is 132 Å². The Balaban J connectivity index is 0.00000121. The van der Waals surface area contributed by atoms with Crippen LogP contribution in [0.3, 0.4) is 0 Å². The Morgan fingerprint density at radius 2 is 0.714 bits per heavy atom. The molecule has 2 aromatic carbocycles. The number of alkyl halides is 18. The third kappa shape index (κ3) is 16.1. The second-order valence-electron chi connectivity index (χ2n) is 13.1. The summed E-state index contributed by atoms with van der Waals surface area (Å²) in [7, 11) is 0. The van der Waals surface area contributed by atoms with Crippen molar-refractivity contribution in [1.29, 1.82) is 0 Å². The summed E-state index contributed by atoms with van der Waals surface area (Å²) in [6, 6.07) is -1.02. The highest BCUT2D eigenvalue weighted by Gasteiger charge is 2.57. The molecule has 0 aliphatic carbocycles. The summed E-state index contributed by atoms with van der Waals surface area (Å²) in [5.74, 6) is -8.59. The topological polar surface area (TPSA) is 184 Å². The Morgan fingerprint density at radius 3 is 0.905 bits per heavy atom. The van der Waals surface area contributed by atoms with Crippen molar-refractivity contribution in [3.05, 3.63) is 69.8 Å². The van der Waals surface area contributed by atoms with E-state index in [2.05, 4.69) is 0 Å². The summed E-state index contributed by atoms with van der Waals surface area (Å²) in [5.41, 5.74) is -1.42. The van der Waals surface area contributed by atoms with Gasteiger partial charge in [0.15, 0.2) is 0 Å². The fraction of sp³-hybridized carbons (Fsp3) is 0.500. The van der Waals surface area contributed by atoms with E-state index in [1.54, 1.807) is 0 Å². The van der Waals surface area contributed by atoms with Crippen LogP contribution in [0.4, 0.5) is 83.8 Å². The maximum atomic E-state index is 14.2. The van der Waals surface area contributed by atoms with Crippen molar-refractivity contribution in [3.63, 3.8) is 0 Å². The number of hydrogen-bond acceptors (Lipinski definition) is 7. The number of imide groups is 2. The van der Waals surface area contributed by atoms with E-state index in [-0.39, 0.29) is 75.2 Å². The second-order valence-corrected chi connectivity index (χ2v) is 13.1. The van der Waals surface area contributed by atoms with Gasteiger partial charge in [-0.15, -0.1) is 0 Å². The Kier molecular flexibility index (Phi) is 18.5. The second kappa shape index (κ2) is 20.9. The van der Waals surface area contributed by atoms with Gasteiger partial charge >= 0.3 is 55.0 Å². The highest BCUT2D eigenvalue weighted by molar-refractivity contribution is 6.19. The van der Waals surface area contributed by atoms with Gasteiger partial charge in [0.2, 0.25) is 11.8 Å². The lowest BCUT2D eigenvalue weighted by atomic mass is 9.72. The highest BCUT2D eigenvalue weighted by atomic mass is 19.4. The molecule has 0 spiro atoms. The molecule has 1 aliphatic rings. The van der Waals surface area contributed by atoms with E-state index in [0.717, 1.165) is 0 Å². The van der Waals surface area contributed by atoms with Crippen LogP contribution < -0.4 is 11.5 Å². The quantitative estimate of drug-likeness (QED) is 0.0929. The number of nitrogens with two attached hydrogens (primary N) is 2. The number of urea groups is 1. The number of aliphatic carboxylic acids is 2. The number of nitrogens with zero attached hydrogens (tertiary/aromatic N) is 2. The third-order valence-corrected chi connectivity index (χ3v) is 8.23. The molecule has 11 nitrogen and oxygen atoms in total. The average molecular weight is 951 g/mol. The first-order valence-corrected chi connectivity index (χ1v) is 17.1. The Morgan fingerprint density at radius 1 is 0.476 bits per heavy atom. The molecule has 3 rings (SSSR count). The number of rotatable bonds is 12. The summed E-state index contributed by atoms with van der Waals surface area (Å²) in [5, 5.41) is 14.2. The van der Waals surface area contributed by atoms with Crippen LogP contribution in [-0.2, 0) is 56.7 Å². The van der Waals surface area contributed by atoms with Crippen LogP contribution in [0.5, 0.6) is 0 Å². The van der Waals surface area contributed by atoms with Crippen molar-refractivity contribution in [2.24, 2.45) is 16.9 Å². The minimum atomic E-state index is -5.40. The first-order valence-electron chi connectivity index (χ1n) is 17.1. The normalized spacial score (nSPS) is 15.1. The van der Waals surface area contributed by atoms with Crippen molar-refractivity contribution < 1.29 is 113 Å². The van der Waals surface area contributed by atoms with E-state index in [9.17, 15) is 93.4 Å². The lowest BCUT2D eigenvalue weighted by Crippen LogP contribution is -2.66. The van der Waals surface area contributed by atoms with Gasteiger partial charge in [-0.3, -0.25) is 19.4 Å². The molecule has 4 amide bonds. The molecule has 1 heterocycles. The number of barbiturate groups is 1. The number of carbonyl (C=O) groups excluding carboxylic acids is 3. The molecule has 356 valence electrons. The molecular weight excluding hydrogens is 918 g/mol. The fourth-order valence-corrected chi connectivity index (χ4v) is 5.46. The summed E-state index contributed by atoms with van der Waals surface area (Å²) < 4.78 is 228. The number of hydrogen-bond donors (Lipinski definition) is 4. The lowest BCUT2D eigenvalue weighted by molar-refractivity contribution is -0.193. The van der Waals surface area contributed by atoms with Crippen LogP contribution >= 0.6 is 0 Å². The van der Waals surface area contributed by atoms with Gasteiger partial charge in [-0.2, -0.15) is 79.0 Å². The van der Waals surface area contributed by atoms with Crippen molar-refractivity contribution in [2.75, 3.05) is 26.2 Å². The van der Waals surface area contributed by atoms with Crippen LogP contribution in [-0.4, -0.2) is 88.3 Å². The van der Waals surface area contributed by atoms with E-state index in [1.165, 1.54) is 0 Å². The molecular formula is C34H32F18N4O7. The number of carboxylic acid groups (broad SMARTS) is 2. The molecule has 1 saturated heterocycles. The Bertz CT molecular complexity index is 1740. The summed E-state index contributed by atoms with van der Waals surface area (Å²) >= 11 is 0. The molecule has 0 bridgehead atoms. The standard InChI is InChI=1S/C30H30F12N4O3.2C2HF3O2/c31-27(32,33)19-9-17(10-20(13-19)28(34,35)36)15-26(16-18-11-21(29(37,38)39)14-22(12-18)30(40,41)42)23(47)45(7-3-1-5-43)25(49)46(24(26)48)8-4-2-6-44;2*3-2(4,5)1(6)7/h9-14H,1-8,15-16,43-44H2;2*(H,6,7). The lowest BCUT2D eigenvalue weighted by Gasteiger charge is -2.44. The Hall–Kier alpha value is -5.35. The van der Waals surface area contributed by atoms with Gasteiger partial charge in [0.25, 0.3) is 0 Å². The van der Waals surface area contributed by atoms with Gasteiger partial charge in [-0.1, -0.05) is 0 Å². The maximum absolute atomic E-state index is 14.2. The molecule has 29 heteroatoms. The summed E-state index contributed by atoms with van der Waals surface area (Å²) in [4.78, 5) is 60.5. The minimum Gasteiger partial charge on any atom is -0.475 e. The van der Waals surface area contributed by atoms with Crippen LogP contribution in [0.1, 0.15) is 59.1 Å². The van der Waals surface area contributed by atoms with Gasteiger partial charge in [0, 0.05) is 13.1 Å². The largest absolute Gasteiger partial charge is 0.490 e. The van der Waals surface area contributed by atoms with Crippen molar-refractivity contribution >= 4 is 29.8 Å². The minimum absolute atomic E-state index is 0.0154. The first-order chi connectivity index (χ1) is 28.3. The predicted molar refractivity (Wildman–Crippen MR) is 176 cm³/mol. The van der Waals surface area contributed by atoms with Gasteiger partial charge < -0.3 is 21.7 Å². The molecule has 0 saturated carbocycles. The molecule has 0 unspecified atom stereocenters. The van der Waals surface area contributed by atoms with Crippen LogP contribution in [0.25, 0.3) is 0 Å². The molecule has 1 fully saturated rings. The molecule has 6 N–H and O–H groups in total. The maximum Gasteiger partial charge on any atom is 0.490 e. The molecule has 1 aliphatic heterocycles. The number of carboxylic acids is 2. The Labute approximate surface area is 341 Å². The number of halogens is 18. The molecule has 0 atom stereocenters. The van der Waals surface area contributed by atoms with Crippen LogP contribution in [0, 0.1) is 5.41 Å². The molecule has 0 aromatic heterocycles. The summed E-state index contributed by atoms with van der Waals surface area (Å²) in [6.07, 6.45) is -34.2. The zero-order valence-corrected chi connectivity index (χ0v) is 31.3. The first kappa shape index (κ1) is 55.7. The number of benzene rings is 2. The van der Waals surface area contributed by atoms with E-state index in [0.29, 0.717) is 9.80 Å². The van der Waals surface area contributed by atoms with Crippen molar-refractivity contribution in [2.45, 2.75) is 75.6 Å². The molecule has 63 heavy (non-hydrogen) atoms.